The van der Waals surface area contributed by atoms with Gasteiger partial charge in [0, 0.05) is 19.5 Å². The van der Waals surface area contributed by atoms with Crippen molar-refractivity contribution < 1.29 is 14.7 Å². The molecule has 0 heterocycles. The third-order valence-electron chi connectivity index (χ3n) is 3.61. The summed E-state index contributed by atoms with van der Waals surface area (Å²) in [6.45, 7) is 2.85. The van der Waals surface area contributed by atoms with Crippen molar-refractivity contribution in [2.75, 3.05) is 6.54 Å². The number of rotatable bonds is 7. The summed E-state index contributed by atoms with van der Waals surface area (Å²) in [5, 5.41) is 13.9. The molecule has 0 aliphatic heterocycles. The van der Waals surface area contributed by atoms with Gasteiger partial charge < -0.3 is 15.7 Å². The van der Waals surface area contributed by atoms with E-state index in [0.717, 1.165) is 11.1 Å². The van der Waals surface area contributed by atoms with Crippen LogP contribution >= 0.6 is 0 Å². The Morgan fingerprint density at radius 1 is 1.00 bits per heavy atom. The molecule has 5 heteroatoms. The Morgan fingerprint density at radius 2 is 1.75 bits per heavy atom. The van der Waals surface area contributed by atoms with Gasteiger partial charge >= 0.3 is 12.0 Å². The van der Waals surface area contributed by atoms with E-state index < -0.39 is 5.97 Å². The van der Waals surface area contributed by atoms with E-state index >= 15 is 0 Å². The van der Waals surface area contributed by atoms with Crippen LogP contribution in [0.3, 0.4) is 0 Å². The van der Waals surface area contributed by atoms with Gasteiger partial charge in [-0.15, -0.1) is 0 Å². The van der Waals surface area contributed by atoms with Crippen LogP contribution in [0.4, 0.5) is 4.79 Å². The van der Waals surface area contributed by atoms with Crippen LogP contribution in [-0.2, 0) is 11.3 Å². The maximum atomic E-state index is 11.6. The minimum Gasteiger partial charge on any atom is -0.481 e. The first-order chi connectivity index (χ1) is 11.5. The number of carbonyl (C=O) groups excluding carboxylic acids is 1. The standard InChI is InChI=1S/C19H22N2O3/c1-14-4-2-5-17(12-14)16-9-7-15(8-10-16)13-21-19(24)20-11-3-6-18(22)23/h2,4-5,7-10,12H,3,6,11,13H2,1H3,(H,22,23)(H2,20,21,24). The Balaban J connectivity index is 1.79. The molecule has 126 valence electrons. The Bertz CT molecular complexity index is 696. The van der Waals surface area contributed by atoms with E-state index in [4.69, 9.17) is 5.11 Å². The maximum Gasteiger partial charge on any atom is 0.315 e. The Labute approximate surface area is 141 Å². The number of hydrogen-bond donors (Lipinski definition) is 3. The van der Waals surface area contributed by atoms with Crippen molar-refractivity contribution in [2.24, 2.45) is 0 Å². The zero-order valence-corrected chi connectivity index (χ0v) is 13.7. The molecule has 0 spiro atoms. The molecule has 5 nitrogen and oxygen atoms in total. The van der Waals surface area contributed by atoms with Crippen molar-refractivity contribution in [1.29, 1.82) is 0 Å². The van der Waals surface area contributed by atoms with Crippen LogP contribution < -0.4 is 10.6 Å². The van der Waals surface area contributed by atoms with Crippen LogP contribution in [0.2, 0.25) is 0 Å². The van der Waals surface area contributed by atoms with E-state index in [1.54, 1.807) is 0 Å². The van der Waals surface area contributed by atoms with E-state index in [2.05, 4.69) is 35.8 Å². The highest BCUT2D eigenvalue weighted by Gasteiger charge is 2.02. The number of aryl methyl sites for hydroxylation is 1. The van der Waals surface area contributed by atoms with Gasteiger partial charge in [0.15, 0.2) is 0 Å². The second kappa shape index (κ2) is 8.72. The molecular weight excluding hydrogens is 304 g/mol. The Hall–Kier alpha value is -2.82. The van der Waals surface area contributed by atoms with Gasteiger partial charge in [0.25, 0.3) is 0 Å². The highest BCUT2D eigenvalue weighted by Crippen LogP contribution is 2.20. The average Bonchev–Trinajstić information content (AvgIpc) is 2.57. The number of urea groups is 1. The first-order valence-electron chi connectivity index (χ1n) is 7.94. The molecule has 0 radical (unpaired) electrons. The van der Waals surface area contributed by atoms with Crippen molar-refractivity contribution in [3.63, 3.8) is 0 Å². The van der Waals surface area contributed by atoms with Crippen LogP contribution in [0.25, 0.3) is 11.1 Å². The second-order valence-electron chi connectivity index (χ2n) is 5.67. The number of aliphatic carboxylic acids is 1. The third kappa shape index (κ3) is 5.76. The SMILES string of the molecule is Cc1cccc(-c2ccc(CNC(=O)NCCCC(=O)O)cc2)c1. The normalized spacial score (nSPS) is 10.2. The van der Waals surface area contributed by atoms with Crippen molar-refractivity contribution in [3.8, 4) is 11.1 Å². The minimum absolute atomic E-state index is 0.0563. The molecule has 2 aromatic carbocycles. The molecule has 2 aromatic rings. The van der Waals surface area contributed by atoms with E-state index in [-0.39, 0.29) is 12.5 Å². The predicted octanol–water partition coefficient (Wildman–Crippen LogP) is 3.33. The molecule has 0 fully saturated rings. The van der Waals surface area contributed by atoms with Crippen LogP contribution in [0.5, 0.6) is 0 Å². The summed E-state index contributed by atoms with van der Waals surface area (Å²) in [5.41, 5.74) is 4.54. The van der Waals surface area contributed by atoms with Crippen molar-refractivity contribution >= 4 is 12.0 Å². The lowest BCUT2D eigenvalue weighted by atomic mass is 10.0. The van der Waals surface area contributed by atoms with Gasteiger partial charge in [0.1, 0.15) is 0 Å². The lowest BCUT2D eigenvalue weighted by molar-refractivity contribution is -0.137. The van der Waals surface area contributed by atoms with Crippen LogP contribution in [-0.4, -0.2) is 23.7 Å². The van der Waals surface area contributed by atoms with E-state index in [9.17, 15) is 9.59 Å². The van der Waals surface area contributed by atoms with Crippen LogP contribution in [0.15, 0.2) is 48.5 Å². The fourth-order valence-electron chi connectivity index (χ4n) is 2.33. The number of nitrogens with one attached hydrogen (secondary N) is 2. The molecule has 0 aliphatic carbocycles. The Morgan fingerprint density at radius 3 is 2.42 bits per heavy atom. The Kier molecular flexibility index (Phi) is 6.37. The van der Waals surface area contributed by atoms with Gasteiger partial charge in [-0.2, -0.15) is 0 Å². The van der Waals surface area contributed by atoms with Crippen LogP contribution in [0.1, 0.15) is 24.0 Å². The number of carbonyl (C=O) groups is 2. The molecule has 0 unspecified atom stereocenters. The molecule has 0 atom stereocenters. The second-order valence-corrected chi connectivity index (χ2v) is 5.67. The van der Waals surface area contributed by atoms with Crippen molar-refractivity contribution in [3.05, 3.63) is 59.7 Å². The van der Waals surface area contributed by atoms with Gasteiger partial charge in [0.2, 0.25) is 0 Å². The molecule has 3 N–H and O–H groups in total. The van der Waals surface area contributed by atoms with Gasteiger partial charge in [-0.05, 0) is 30.0 Å². The summed E-state index contributed by atoms with van der Waals surface area (Å²) < 4.78 is 0. The predicted molar refractivity (Wildman–Crippen MR) is 93.7 cm³/mol. The van der Waals surface area contributed by atoms with Crippen molar-refractivity contribution in [2.45, 2.75) is 26.3 Å². The quantitative estimate of drug-likeness (QED) is 0.683. The summed E-state index contributed by atoms with van der Waals surface area (Å²) >= 11 is 0. The first kappa shape index (κ1) is 17.5. The van der Waals surface area contributed by atoms with Gasteiger partial charge in [-0.3, -0.25) is 4.79 Å². The van der Waals surface area contributed by atoms with E-state index in [1.165, 1.54) is 11.1 Å². The number of amides is 2. The minimum atomic E-state index is -0.856. The number of hydrogen-bond acceptors (Lipinski definition) is 2. The summed E-state index contributed by atoms with van der Waals surface area (Å²) in [4.78, 5) is 22.0. The third-order valence-corrected chi connectivity index (χ3v) is 3.61. The molecule has 2 amide bonds. The highest BCUT2D eigenvalue weighted by molar-refractivity contribution is 5.74. The molecule has 0 aromatic heterocycles. The molecule has 0 bridgehead atoms. The maximum absolute atomic E-state index is 11.6. The number of carboxylic acids is 1. The van der Waals surface area contributed by atoms with Gasteiger partial charge in [-0.25, -0.2) is 4.79 Å². The molecule has 0 saturated heterocycles. The molecule has 0 aliphatic rings. The average molecular weight is 326 g/mol. The summed E-state index contributed by atoms with van der Waals surface area (Å²) in [6, 6.07) is 16.1. The summed E-state index contributed by atoms with van der Waals surface area (Å²) in [7, 11) is 0. The summed E-state index contributed by atoms with van der Waals surface area (Å²) in [6.07, 6.45) is 0.481. The largest absolute Gasteiger partial charge is 0.481 e. The van der Waals surface area contributed by atoms with Gasteiger partial charge in [-0.1, -0.05) is 54.1 Å². The molecular formula is C19H22N2O3. The number of carboxylic acid groups (broad SMARTS) is 1. The highest BCUT2D eigenvalue weighted by atomic mass is 16.4. The first-order valence-corrected chi connectivity index (χ1v) is 7.94. The van der Waals surface area contributed by atoms with Crippen LogP contribution in [0, 0.1) is 6.92 Å². The van der Waals surface area contributed by atoms with E-state index in [1.807, 2.05) is 30.3 Å². The zero-order chi connectivity index (χ0) is 17.4. The fourth-order valence-corrected chi connectivity index (χ4v) is 2.33. The fraction of sp³-hybridized carbons (Fsp3) is 0.263. The van der Waals surface area contributed by atoms with Crippen molar-refractivity contribution in [1.82, 2.24) is 10.6 Å². The lowest BCUT2D eigenvalue weighted by Gasteiger charge is -2.08. The molecule has 0 saturated carbocycles. The zero-order valence-electron chi connectivity index (χ0n) is 13.7. The molecule has 2 rings (SSSR count). The van der Waals surface area contributed by atoms with E-state index in [0.29, 0.717) is 19.5 Å². The molecule has 24 heavy (non-hydrogen) atoms. The lowest BCUT2D eigenvalue weighted by Crippen LogP contribution is -2.35. The topological polar surface area (TPSA) is 78.4 Å². The summed E-state index contributed by atoms with van der Waals surface area (Å²) in [5.74, 6) is -0.856. The number of benzene rings is 2. The monoisotopic (exact) mass is 326 g/mol. The smallest absolute Gasteiger partial charge is 0.315 e. The van der Waals surface area contributed by atoms with Gasteiger partial charge in [0.05, 0.1) is 0 Å².